The van der Waals surface area contributed by atoms with Gasteiger partial charge in [-0.25, -0.2) is 4.39 Å². The molecular weight excluding hydrogens is 319 g/mol. The predicted octanol–water partition coefficient (Wildman–Crippen LogP) is 3.88. The van der Waals surface area contributed by atoms with E-state index in [1.165, 1.54) is 18.3 Å². The molecule has 2 rings (SSSR count). The molecule has 18 heavy (non-hydrogen) atoms. The number of aromatic nitrogens is 1. The van der Waals surface area contributed by atoms with Crippen LogP contribution in [0.4, 0.5) is 4.39 Å². The topological polar surface area (TPSA) is 38.9 Å². The summed E-state index contributed by atoms with van der Waals surface area (Å²) < 4.78 is 14.4. The standard InChI is InChI=1S/C13H11BrClFN2/c14-9-4-3-8(10(15)7-9)6-12(17)13-11(16)2-1-5-18-13/h1-5,7,12H,6,17H2. The van der Waals surface area contributed by atoms with E-state index in [1.54, 1.807) is 6.07 Å². The molecule has 2 N–H and O–H groups in total. The van der Waals surface area contributed by atoms with Crippen molar-refractivity contribution in [3.05, 3.63) is 63.1 Å². The van der Waals surface area contributed by atoms with Crippen molar-refractivity contribution in [2.45, 2.75) is 12.5 Å². The number of halogens is 3. The Balaban J connectivity index is 2.21. The highest BCUT2D eigenvalue weighted by molar-refractivity contribution is 9.10. The molecule has 2 nitrogen and oxygen atoms in total. The highest BCUT2D eigenvalue weighted by atomic mass is 79.9. The molecule has 0 fully saturated rings. The largest absolute Gasteiger partial charge is 0.322 e. The summed E-state index contributed by atoms with van der Waals surface area (Å²) in [5.74, 6) is -0.391. The van der Waals surface area contributed by atoms with Crippen molar-refractivity contribution >= 4 is 27.5 Å². The molecule has 1 aromatic carbocycles. The van der Waals surface area contributed by atoms with E-state index in [1.807, 2.05) is 12.1 Å². The van der Waals surface area contributed by atoms with Crippen molar-refractivity contribution in [3.8, 4) is 0 Å². The summed E-state index contributed by atoms with van der Waals surface area (Å²) in [5, 5.41) is 0.608. The minimum atomic E-state index is -0.509. The van der Waals surface area contributed by atoms with Crippen molar-refractivity contribution < 1.29 is 4.39 Å². The monoisotopic (exact) mass is 328 g/mol. The van der Waals surface area contributed by atoms with Gasteiger partial charge in [-0.1, -0.05) is 33.6 Å². The molecule has 0 spiro atoms. The third-order valence-electron chi connectivity index (χ3n) is 2.59. The van der Waals surface area contributed by atoms with Crippen LogP contribution in [-0.2, 0) is 6.42 Å². The fourth-order valence-electron chi connectivity index (χ4n) is 1.69. The molecule has 1 aromatic heterocycles. The Labute approximate surface area is 118 Å². The first-order valence-corrected chi connectivity index (χ1v) is 6.55. The lowest BCUT2D eigenvalue weighted by Gasteiger charge is -2.13. The van der Waals surface area contributed by atoms with Crippen LogP contribution in [0, 0.1) is 5.82 Å². The number of nitrogens with two attached hydrogens (primary N) is 1. The van der Waals surface area contributed by atoms with Crippen molar-refractivity contribution in [1.29, 1.82) is 0 Å². The van der Waals surface area contributed by atoms with Gasteiger partial charge in [-0.15, -0.1) is 0 Å². The fraction of sp³-hybridized carbons (Fsp3) is 0.154. The van der Waals surface area contributed by atoms with Gasteiger partial charge in [0.2, 0.25) is 0 Å². The lowest BCUT2D eigenvalue weighted by atomic mass is 10.0. The quantitative estimate of drug-likeness (QED) is 0.928. The van der Waals surface area contributed by atoms with Gasteiger partial charge in [-0.3, -0.25) is 4.98 Å². The minimum Gasteiger partial charge on any atom is -0.322 e. The number of benzene rings is 1. The third-order valence-corrected chi connectivity index (χ3v) is 3.44. The molecular formula is C13H11BrClFN2. The summed E-state index contributed by atoms with van der Waals surface area (Å²) in [4.78, 5) is 3.97. The lowest BCUT2D eigenvalue weighted by Crippen LogP contribution is -2.16. The molecule has 0 amide bonds. The van der Waals surface area contributed by atoms with Gasteiger partial charge < -0.3 is 5.73 Å². The maximum absolute atomic E-state index is 13.5. The first-order valence-electron chi connectivity index (χ1n) is 5.38. The Morgan fingerprint density at radius 1 is 1.39 bits per heavy atom. The zero-order valence-electron chi connectivity index (χ0n) is 9.41. The minimum absolute atomic E-state index is 0.261. The molecule has 0 saturated heterocycles. The molecule has 0 saturated carbocycles. The molecule has 0 bridgehead atoms. The van der Waals surface area contributed by atoms with E-state index in [0.29, 0.717) is 11.4 Å². The van der Waals surface area contributed by atoms with Crippen LogP contribution in [0.15, 0.2) is 41.0 Å². The average molecular weight is 330 g/mol. The number of hydrogen-bond donors (Lipinski definition) is 1. The van der Waals surface area contributed by atoms with Crippen LogP contribution < -0.4 is 5.73 Å². The second kappa shape index (κ2) is 5.78. The van der Waals surface area contributed by atoms with Crippen molar-refractivity contribution in [2.75, 3.05) is 0 Å². The molecule has 0 aliphatic carbocycles. The van der Waals surface area contributed by atoms with E-state index in [2.05, 4.69) is 20.9 Å². The molecule has 2 aromatic rings. The zero-order valence-corrected chi connectivity index (χ0v) is 11.7. The van der Waals surface area contributed by atoms with Crippen LogP contribution in [0.25, 0.3) is 0 Å². The normalized spacial score (nSPS) is 12.4. The maximum Gasteiger partial charge on any atom is 0.146 e. The van der Waals surface area contributed by atoms with Gasteiger partial charge in [0.25, 0.3) is 0 Å². The van der Waals surface area contributed by atoms with E-state index in [-0.39, 0.29) is 5.69 Å². The first-order chi connectivity index (χ1) is 8.58. The number of nitrogens with zero attached hydrogens (tertiary/aromatic N) is 1. The average Bonchev–Trinajstić information content (AvgIpc) is 2.33. The van der Waals surface area contributed by atoms with Crippen molar-refractivity contribution in [3.63, 3.8) is 0 Å². The highest BCUT2D eigenvalue weighted by Gasteiger charge is 2.14. The Kier molecular flexibility index (Phi) is 4.32. The van der Waals surface area contributed by atoms with Crippen molar-refractivity contribution in [1.82, 2.24) is 4.98 Å². The van der Waals surface area contributed by atoms with E-state index in [4.69, 9.17) is 17.3 Å². The van der Waals surface area contributed by atoms with Crippen LogP contribution in [0.1, 0.15) is 17.3 Å². The highest BCUT2D eigenvalue weighted by Crippen LogP contribution is 2.25. The molecule has 5 heteroatoms. The summed E-state index contributed by atoms with van der Waals surface area (Å²) >= 11 is 9.43. The van der Waals surface area contributed by atoms with Crippen LogP contribution in [-0.4, -0.2) is 4.98 Å². The lowest BCUT2D eigenvalue weighted by molar-refractivity contribution is 0.564. The van der Waals surface area contributed by atoms with Gasteiger partial charge in [0.1, 0.15) is 5.82 Å². The fourth-order valence-corrected chi connectivity index (χ4v) is 2.44. The van der Waals surface area contributed by atoms with Crippen LogP contribution in [0.3, 0.4) is 0 Å². The van der Waals surface area contributed by atoms with E-state index in [9.17, 15) is 4.39 Å². The summed E-state index contributed by atoms with van der Waals surface area (Å²) in [5.41, 5.74) is 7.10. The molecule has 1 heterocycles. The van der Waals surface area contributed by atoms with Gasteiger partial charge in [0, 0.05) is 15.7 Å². The van der Waals surface area contributed by atoms with Gasteiger partial charge >= 0.3 is 0 Å². The summed E-state index contributed by atoms with van der Waals surface area (Å²) in [7, 11) is 0. The summed E-state index contributed by atoms with van der Waals surface area (Å²) in [6, 6.07) is 7.92. The maximum atomic E-state index is 13.5. The van der Waals surface area contributed by atoms with Crippen molar-refractivity contribution in [2.24, 2.45) is 5.73 Å². The molecule has 0 radical (unpaired) electrons. The van der Waals surface area contributed by atoms with E-state index >= 15 is 0 Å². The van der Waals surface area contributed by atoms with E-state index < -0.39 is 11.9 Å². The molecule has 0 aliphatic heterocycles. The Hall–Kier alpha value is -0.970. The van der Waals surface area contributed by atoms with Gasteiger partial charge in [0.05, 0.1) is 11.7 Å². The number of hydrogen-bond acceptors (Lipinski definition) is 2. The third kappa shape index (κ3) is 3.07. The summed E-state index contributed by atoms with van der Waals surface area (Å²) in [6.07, 6.45) is 1.97. The van der Waals surface area contributed by atoms with Gasteiger partial charge in [0.15, 0.2) is 0 Å². The SMILES string of the molecule is NC(Cc1ccc(Br)cc1Cl)c1ncccc1F. The second-order valence-corrected chi connectivity index (χ2v) is 5.24. The molecule has 1 unspecified atom stereocenters. The molecule has 94 valence electrons. The second-order valence-electron chi connectivity index (χ2n) is 3.92. The Morgan fingerprint density at radius 3 is 2.83 bits per heavy atom. The van der Waals surface area contributed by atoms with E-state index in [0.717, 1.165) is 10.0 Å². The molecule has 0 aliphatic rings. The summed E-state index contributed by atoms with van der Waals surface area (Å²) in [6.45, 7) is 0. The first kappa shape index (κ1) is 13.5. The van der Waals surface area contributed by atoms with Crippen LogP contribution >= 0.6 is 27.5 Å². The van der Waals surface area contributed by atoms with Gasteiger partial charge in [-0.2, -0.15) is 0 Å². The number of pyridine rings is 1. The smallest absolute Gasteiger partial charge is 0.146 e. The van der Waals surface area contributed by atoms with Crippen LogP contribution in [0.5, 0.6) is 0 Å². The Morgan fingerprint density at radius 2 is 2.17 bits per heavy atom. The number of rotatable bonds is 3. The van der Waals surface area contributed by atoms with Gasteiger partial charge in [-0.05, 0) is 36.2 Å². The predicted molar refractivity (Wildman–Crippen MR) is 74.0 cm³/mol. The molecule has 1 atom stereocenters. The zero-order chi connectivity index (χ0) is 13.1. The van der Waals surface area contributed by atoms with Crippen LogP contribution in [0.2, 0.25) is 5.02 Å². The Bertz CT molecular complexity index is 562.